The normalized spacial score (nSPS) is 14.6. The number of carbonyl (C=O) groups excluding carboxylic acids is 1. The molecule has 1 N–H and O–H groups in total. The van der Waals surface area contributed by atoms with Gasteiger partial charge in [-0.3, -0.25) is 4.79 Å². The van der Waals surface area contributed by atoms with Crippen molar-refractivity contribution in [1.29, 1.82) is 0 Å². The van der Waals surface area contributed by atoms with E-state index in [1.807, 2.05) is 30.0 Å². The van der Waals surface area contributed by atoms with Gasteiger partial charge in [0.2, 0.25) is 0 Å². The lowest BCUT2D eigenvalue weighted by molar-refractivity contribution is 0.0718. The number of halogens is 1. The Kier molecular flexibility index (Phi) is 4.76. The van der Waals surface area contributed by atoms with Crippen molar-refractivity contribution in [2.75, 3.05) is 18.4 Å². The molecule has 0 aliphatic carbocycles. The van der Waals surface area contributed by atoms with E-state index >= 15 is 0 Å². The van der Waals surface area contributed by atoms with Gasteiger partial charge < -0.3 is 10.2 Å². The summed E-state index contributed by atoms with van der Waals surface area (Å²) in [5, 5.41) is 3.85. The summed E-state index contributed by atoms with van der Waals surface area (Å²) in [4.78, 5) is 22.6. The molecule has 0 radical (unpaired) electrons. The Morgan fingerprint density at radius 2 is 1.96 bits per heavy atom. The predicted octanol–water partition coefficient (Wildman–Crippen LogP) is 3.81. The highest BCUT2D eigenvalue weighted by Crippen LogP contribution is 2.22. The Morgan fingerprint density at radius 3 is 2.70 bits per heavy atom. The number of benzene rings is 1. The number of carbonyl (C=O) groups is 1. The highest BCUT2D eigenvalue weighted by Gasteiger charge is 2.19. The quantitative estimate of drug-likeness (QED) is 0.929. The SMILES string of the molecule is Cc1ccc(Nc2cc(C(=O)N3CCCCC3)ncn2)cc1Cl. The van der Waals surface area contributed by atoms with Crippen LogP contribution >= 0.6 is 11.6 Å². The molecular formula is C17H19ClN4O. The first kappa shape index (κ1) is 15.7. The zero-order chi connectivity index (χ0) is 16.2. The molecule has 0 unspecified atom stereocenters. The molecule has 1 aliphatic heterocycles. The van der Waals surface area contributed by atoms with Gasteiger partial charge in [-0.2, -0.15) is 0 Å². The van der Waals surface area contributed by atoms with Gasteiger partial charge in [0.15, 0.2) is 0 Å². The molecule has 3 rings (SSSR count). The lowest BCUT2D eigenvalue weighted by atomic mass is 10.1. The van der Waals surface area contributed by atoms with Gasteiger partial charge in [-0.05, 0) is 43.9 Å². The summed E-state index contributed by atoms with van der Waals surface area (Å²) in [5.74, 6) is 0.553. The van der Waals surface area contributed by atoms with Crippen LogP contribution in [0, 0.1) is 6.92 Å². The van der Waals surface area contributed by atoms with Gasteiger partial charge in [-0.1, -0.05) is 17.7 Å². The van der Waals surface area contributed by atoms with E-state index in [0.29, 0.717) is 16.5 Å². The van der Waals surface area contributed by atoms with E-state index in [2.05, 4.69) is 15.3 Å². The Labute approximate surface area is 140 Å². The number of nitrogens with one attached hydrogen (secondary N) is 1. The summed E-state index contributed by atoms with van der Waals surface area (Å²) >= 11 is 6.13. The van der Waals surface area contributed by atoms with Crippen LogP contribution in [0.25, 0.3) is 0 Å². The topological polar surface area (TPSA) is 58.1 Å². The minimum Gasteiger partial charge on any atom is -0.340 e. The molecule has 0 atom stereocenters. The molecule has 2 heterocycles. The van der Waals surface area contributed by atoms with Crippen LogP contribution in [0.2, 0.25) is 5.02 Å². The van der Waals surface area contributed by atoms with E-state index < -0.39 is 0 Å². The van der Waals surface area contributed by atoms with Crippen LogP contribution in [-0.2, 0) is 0 Å². The summed E-state index contributed by atoms with van der Waals surface area (Å²) in [6.45, 7) is 3.56. The summed E-state index contributed by atoms with van der Waals surface area (Å²) in [7, 11) is 0. The Morgan fingerprint density at radius 1 is 1.17 bits per heavy atom. The molecule has 1 aliphatic rings. The van der Waals surface area contributed by atoms with Crippen LogP contribution in [-0.4, -0.2) is 33.9 Å². The molecule has 1 amide bonds. The molecule has 1 aromatic carbocycles. The fourth-order valence-electron chi connectivity index (χ4n) is 2.62. The van der Waals surface area contributed by atoms with Crippen molar-refractivity contribution in [1.82, 2.24) is 14.9 Å². The predicted molar refractivity (Wildman–Crippen MR) is 91.3 cm³/mol. The van der Waals surface area contributed by atoms with E-state index in [4.69, 9.17) is 11.6 Å². The van der Waals surface area contributed by atoms with Crippen molar-refractivity contribution in [3.05, 3.63) is 46.9 Å². The first-order valence-corrected chi connectivity index (χ1v) is 8.16. The second kappa shape index (κ2) is 6.96. The maximum atomic E-state index is 12.5. The van der Waals surface area contributed by atoms with Crippen LogP contribution in [0.3, 0.4) is 0 Å². The van der Waals surface area contributed by atoms with Gasteiger partial charge in [0.05, 0.1) is 0 Å². The smallest absolute Gasteiger partial charge is 0.272 e. The summed E-state index contributed by atoms with van der Waals surface area (Å²) in [6.07, 6.45) is 4.72. The van der Waals surface area contributed by atoms with Crippen LogP contribution in [0.4, 0.5) is 11.5 Å². The number of nitrogens with zero attached hydrogens (tertiary/aromatic N) is 3. The number of anilines is 2. The third-order valence-corrected chi connectivity index (χ3v) is 4.38. The number of aromatic nitrogens is 2. The van der Waals surface area contributed by atoms with Gasteiger partial charge >= 0.3 is 0 Å². The van der Waals surface area contributed by atoms with Crippen LogP contribution in [0.15, 0.2) is 30.6 Å². The maximum absolute atomic E-state index is 12.5. The fourth-order valence-corrected chi connectivity index (χ4v) is 2.80. The third-order valence-electron chi connectivity index (χ3n) is 3.97. The second-order valence-electron chi connectivity index (χ2n) is 5.73. The Hall–Kier alpha value is -2.14. The molecule has 0 saturated carbocycles. The highest BCUT2D eigenvalue weighted by atomic mass is 35.5. The van der Waals surface area contributed by atoms with E-state index in [0.717, 1.165) is 37.2 Å². The molecule has 1 fully saturated rings. The molecule has 1 aromatic heterocycles. The van der Waals surface area contributed by atoms with Crippen LogP contribution in [0.1, 0.15) is 35.3 Å². The van der Waals surface area contributed by atoms with Crippen molar-refractivity contribution in [3.63, 3.8) is 0 Å². The Balaban J connectivity index is 1.76. The minimum atomic E-state index is -0.0305. The zero-order valence-corrected chi connectivity index (χ0v) is 13.8. The zero-order valence-electron chi connectivity index (χ0n) is 13.1. The van der Waals surface area contributed by atoms with Crippen molar-refractivity contribution in [2.24, 2.45) is 0 Å². The van der Waals surface area contributed by atoms with Gasteiger partial charge in [0, 0.05) is 29.9 Å². The van der Waals surface area contributed by atoms with Crippen molar-refractivity contribution in [2.45, 2.75) is 26.2 Å². The number of hydrogen-bond donors (Lipinski definition) is 1. The fraction of sp³-hybridized carbons (Fsp3) is 0.353. The lowest BCUT2D eigenvalue weighted by Crippen LogP contribution is -2.36. The van der Waals surface area contributed by atoms with Crippen LogP contribution < -0.4 is 5.32 Å². The summed E-state index contributed by atoms with van der Waals surface area (Å²) in [6, 6.07) is 7.39. The first-order chi connectivity index (χ1) is 11.1. The molecule has 6 heteroatoms. The van der Waals surface area contributed by atoms with Gasteiger partial charge in [-0.15, -0.1) is 0 Å². The van der Waals surface area contributed by atoms with Crippen molar-refractivity contribution >= 4 is 29.0 Å². The van der Waals surface area contributed by atoms with Gasteiger partial charge in [0.1, 0.15) is 17.8 Å². The van der Waals surface area contributed by atoms with E-state index in [1.165, 1.54) is 12.7 Å². The first-order valence-electron chi connectivity index (χ1n) is 7.78. The molecule has 2 aromatic rings. The molecule has 0 bridgehead atoms. The lowest BCUT2D eigenvalue weighted by Gasteiger charge is -2.26. The number of likely N-dealkylation sites (tertiary alicyclic amines) is 1. The van der Waals surface area contributed by atoms with E-state index in [1.54, 1.807) is 6.07 Å². The highest BCUT2D eigenvalue weighted by molar-refractivity contribution is 6.31. The molecule has 0 spiro atoms. The van der Waals surface area contributed by atoms with Crippen molar-refractivity contribution < 1.29 is 4.79 Å². The summed E-state index contributed by atoms with van der Waals surface area (Å²) < 4.78 is 0. The number of rotatable bonds is 3. The Bertz CT molecular complexity index is 713. The molecule has 23 heavy (non-hydrogen) atoms. The third kappa shape index (κ3) is 3.79. The number of hydrogen-bond acceptors (Lipinski definition) is 4. The van der Waals surface area contributed by atoms with E-state index in [9.17, 15) is 4.79 Å². The van der Waals surface area contributed by atoms with Gasteiger partial charge in [-0.25, -0.2) is 9.97 Å². The second-order valence-corrected chi connectivity index (χ2v) is 6.14. The molecule has 1 saturated heterocycles. The largest absolute Gasteiger partial charge is 0.340 e. The number of aryl methyl sites for hydroxylation is 1. The number of piperidine rings is 1. The number of amides is 1. The van der Waals surface area contributed by atoms with Gasteiger partial charge in [0.25, 0.3) is 5.91 Å². The van der Waals surface area contributed by atoms with Crippen LogP contribution in [0.5, 0.6) is 0 Å². The van der Waals surface area contributed by atoms with Crippen molar-refractivity contribution in [3.8, 4) is 0 Å². The molecule has 120 valence electrons. The minimum absolute atomic E-state index is 0.0305. The monoisotopic (exact) mass is 330 g/mol. The van der Waals surface area contributed by atoms with E-state index in [-0.39, 0.29) is 5.91 Å². The molecule has 5 nitrogen and oxygen atoms in total. The maximum Gasteiger partial charge on any atom is 0.272 e. The average Bonchev–Trinajstić information content (AvgIpc) is 2.58. The molecular weight excluding hydrogens is 312 g/mol. The summed E-state index contributed by atoms with van der Waals surface area (Å²) in [5.41, 5.74) is 2.26. The standard InChI is InChI=1S/C17H19ClN4O/c1-12-5-6-13(9-14(12)18)21-16-10-15(19-11-20-16)17(23)22-7-3-2-4-8-22/h5-6,9-11H,2-4,7-8H2,1H3,(H,19,20,21). The average molecular weight is 331 g/mol.